The Morgan fingerprint density at radius 3 is 2.27 bits per heavy atom. The molecule has 0 spiro atoms. The van der Waals surface area contributed by atoms with E-state index in [4.69, 9.17) is 9.31 Å². The molecular weight excluding hydrogens is 415 g/mol. The molecule has 7 nitrogen and oxygen atoms in total. The first-order valence-electron chi connectivity index (χ1n) is 11.7. The standard InChI is InChI=1S/C25H33BN4O3/c1-24(2)25(3,4)33-26(32-24)18-7-8-19-21(15-18)27-20-9-6-17(14-22(20)28-23(19)31)16-30-12-10-29(5)11-13-30/h6-9,14-15,27H,10-13,16H2,1-5H3,(H,28,31). The minimum atomic E-state index is -0.473. The number of carbonyl (C=O) groups excluding carboxylic acids is 1. The minimum Gasteiger partial charge on any atom is -0.399 e. The van der Waals surface area contributed by atoms with Crippen LogP contribution in [0.4, 0.5) is 17.1 Å². The summed E-state index contributed by atoms with van der Waals surface area (Å²) in [6.07, 6.45) is 0. The number of benzene rings is 2. The molecule has 2 saturated heterocycles. The summed E-state index contributed by atoms with van der Waals surface area (Å²) in [5, 5.41) is 6.55. The fraction of sp³-hybridized carbons (Fsp3) is 0.480. The molecule has 2 aromatic carbocycles. The second-order valence-electron chi connectivity index (χ2n) is 10.4. The molecule has 3 aliphatic rings. The Balaban J connectivity index is 1.38. The number of piperazine rings is 1. The number of likely N-dealkylation sites (N-methyl/N-ethyl adjacent to an activating group) is 1. The zero-order valence-electron chi connectivity index (χ0n) is 20.2. The van der Waals surface area contributed by atoms with Crippen LogP contribution in [0.15, 0.2) is 36.4 Å². The second kappa shape index (κ2) is 8.13. The maximum atomic E-state index is 13.0. The van der Waals surface area contributed by atoms with E-state index < -0.39 is 18.3 Å². The molecule has 0 aromatic heterocycles. The lowest BCUT2D eigenvalue weighted by atomic mass is 9.78. The lowest BCUT2D eigenvalue weighted by Crippen LogP contribution is -2.43. The fourth-order valence-corrected chi connectivity index (χ4v) is 4.49. The van der Waals surface area contributed by atoms with Crippen LogP contribution < -0.4 is 16.1 Å². The van der Waals surface area contributed by atoms with Crippen LogP contribution >= 0.6 is 0 Å². The quantitative estimate of drug-likeness (QED) is 0.704. The molecule has 0 aliphatic carbocycles. The van der Waals surface area contributed by atoms with Crippen molar-refractivity contribution in [3.63, 3.8) is 0 Å². The Morgan fingerprint density at radius 2 is 1.58 bits per heavy atom. The Labute approximate surface area is 196 Å². The van der Waals surface area contributed by atoms with E-state index in [1.54, 1.807) is 0 Å². The summed E-state index contributed by atoms with van der Waals surface area (Å²) in [5.41, 5.74) is 4.31. The molecule has 33 heavy (non-hydrogen) atoms. The van der Waals surface area contributed by atoms with Crippen LogP contribution in [0.25, 0.3) is 0 Å². The van der Waals surface area contributed by atoms with Crippen LogP contribution in [-0.2, 0) is 15.9 Å². The molecule has 0 unspecified atom stereocenters. The largest absolute Gasteiger partial charge is 0.494 e. The molecule has 2 N–H and O–H groups in total. The van der Waals surface area contributed by atoms with E-state index in [1.807, 2.05) is 45.9 Å². The monoisotopic (exact) mass is 448 g/mol. The van der Waals surface area contributed by atoms with Gasteiger partial charge in [-0.25, -0.2) is 0 Å². The van der Waals surface area contributed by atoms with Crippen LogP contribution in [0, 0.1) is 0 Å². The summed E-state index contributed by atoms with van der Waals surface area (Å²) in [5.74, 6) is -0.117. The topological polar surface area (TPSA) is 66.1 Å². The van der Waals surface area contributed by atoms with Gasteiger partial charge in [0.05, 0.1) is 33.8 Å². The van der Waals surface area contributed by atoms with Gasteiger partial charge in [0.25, 0.3) is 5.91 Å². The number of anilines is 3. The van der Waals surface area contributed by atoms with E-state index in [-0.39, 0.29) is 5.91 Å². The maximum absolute atomic E-state index is 13.0. The average molecular weight is 448 g/mol. The van der Waals surface area contributed by atoms with Crippen LogP contribution in [0.3, 0.4) is 0 Å². The molecule has 3 heterocycles. The van der Waals surface area contributed by atoms with Gasteiger partial charge in [0.15, 0.2) is 0 Å². The summed E-state index contributed by atoms with van der Waals surface area (Å²) in [6.45, 7) is 13.3. The Morgan fingerprint density at radius 1 is 0.879 bits per heavy atom. The summed E-state index contributed by atoms with van der Waals surface area (Å²) in [6, 6.07) is 12.0. The minimum absolute atomic E-state index is 0.117. The normalized spacial score (nSPS) is 22.2. The van der Waals surface area contributed by atoms with E-state index in [2.05, 4.69) is 45.7 Å². The summed E-state index contributed by atoms with van der Waals surface area (Å²) >= 11 is 0. The van der Waals surface area contributed by atoms with Crippen LogP contribution in [0.2, 0.25) is 0 Å². The van der Waals surface area contributed by atoms with Gasteiger partial charge < -0.3 is 24.8 Å². The third kappa shape index (κ3) is 4.28. The molecular formula is C25H33BN4O3. The fourth-order valence-electron chi connectivity index (χ4n) is 4.49. The number of nitrogens with zero attached hydrogens (tertiary/aromatic N) is 2. The molecule has 0 bridgehead atoms. The first kappa shape index (κ1) is 22.4. The van der Waals surface area contributed by atoms with Crippen molar-refractivity contribution in [1.29, 1.82) is 0 Å². The van der Waals surface area contributed by atoms with Crippen molar-refractivity contribution in [2.24, 2.45) is 0 Å². The summed E-state index contributed by atoms with van der Waals surface area (Å²) in [7, 11) is 1.69. The number of rotatable bonds is 3. The van der Waals surface area contributed by atoms with Gasteiger partial charge in [-0.05, 0) is 70.0 Å². The van der Waals surface area contributed by atoms with E-state index in [1.165, 1.54) is 5.56 Å². The molecule has 0 saturated carbocycles. The van der Waals surface area contributed by atoms with E-state index in [0.29, 0.717) is 5.56 Å². The van der Waals surface area contributed by atoms with Gasteiger partial charge >= 0.3 is 7.12 Å². The Kier molecular flexibility index (Phi) is 5.52. The molecule has 8 heteroatoms. The highest BCUT2D eigenvalue weighted by atomic mass is 16.7. The van der Waals surface area contributed by atoms with Gasteiger partial charge in [-0.2, -0.15) is 0 Å². The van der Waals surface area contributed by atoms with Gasteiger partial charge in [-0.1, -0.05) is 12.1 Å². The van der Waals surface area contributed by atoms with Crippen molar-refractivity contribution in [2.45, 2.75) is 45.4 Å². The lowest BCUT2D eigenvalue weighted by Gasteiger charge is -2.32. The van der Waals surface area contributed by atoms with Crippen LogP contribution in [-0.4, -0.2) is 67.3 Å². The van der Waals surface area contributed by atoms with Crippen molar-refractivity contribution in [2.75, 3.05) is 43.9 Å². The number of hydrogen-bond donors (Lipinski definition) is 2. The van der Waals surface area contributed by atoms with E-state index in [0.717, 1.165) is 55.2 Å². The van der Waals surface area contributed by atoms with Crippen LogP contribution in [0.1, 0.15) is 43.6 Å². The van der Waals surface area contributed by atoms with Gasteiger partial charge in [0.2, 0.25) is 0 Å². The van der Waals surface area contributed by atoms with Gasteiger partial charge in [-0.3, -0.25) is 9.69 Å². The Hall–Kier alpha value is -2.39. The van der Waals surface area contributed by atoms with Crippen molar-refractivity contribution in [1.82, 2.24) is 9.80 Å². The van der Waals surface area contributed by atoms with Crippen molar-refractivity contribution in [3.8, 4) is 0 Å². The average Bonchev–Trinajstić information content (AvgIpc) is 2.89. The Bertz CT molecular complexity index is 1060. The third-order valence-corrected chi connectivity index (χ3v) is 7.42. The SMILES string of the molecule is CN1CCN(Cc2ccc3c(c2)NC(=O)c2ccc(B4OC(C)(C)C(C)(C)O4)cc2N3)CC1. The molecule has 174 valence electrons. The number of hydrogen-bond acceptors (Lipinski definition) is 6. The van der Waals surface area contributed by atoms with Crippen molar-refractivity contribution in [3.05, 3.63) is 47.5 Å². The molecule has 2 aromatic rings. The predicted molar refractivity (Wildman–Crippen MR) is 133 cm³/mol. The molecule has 3 aliphatic heterocycles. The molecule has 2 fully saturated rings. The number of amides is 1. The molecule has 1 amide bonds. The highest BCUT2D eigenvalue weighted by molar-refractivity contribution is 6.62. The highest BCUT2D eigenvalue weighted by Gasteiger charge is 2.51. The highest BCUT2D eigenvalue weighted by Crippen LogP contribution is 2.37. The van der Waals surface area contributed by atoms with Gasteiger partial charge in [-0.15, -0.1) is 0 Å². The molecule has 5 rings (SSSR count). The molecule has 0 radical (unpaired) electrons. The zero-order chi connectivity index (χ0) is 23.4. The van der Waals surface area contributed by atoms with E-state index >= 15 is 0 Å². The van der Waals surface area contributed by atoms with Gasteiger partial charge in [0.1, 0.15) is 0 Å². The second-order valence-corrected chi connectivity index (χ2v) is 10.4. The smallest absolute Gasteiger partial charge is 0.399 e. The van der Waals surface area contributed by atoms with Crippen LogP contribution in [0.5, 0.6) is 0 Å². The van der Waals surface area contributed by atoms with Crippen molar-refractivity contribution >= 4 is 35.6 Å². The number of nitrogens with one attached hydrogen (secondary N) is 2. The summed E-state index contributed by atoms with van der Waals surface area (Å²) < 4.78 is 12.4. The number of carbonyl (C=O) groups is 1. The third-order valence-electron chi connectivity index (χ3n) is 7.42. The first-order valence-corrected chi connectivity index (χ1v) is 11.7. The first-order chi connectivity index (χ1) is 15.6. The zero-order valence-corrected chi connectivity index (χ0v) is 20.2. The maximum Gasteiger partial charge on any atom is 0.494 e. The number of fused-ring (bicyclic) bond motifs is 2. The predicted octanol–water partition coefficient (Wildman–Crippen LogP) is 3.04. The van der Waals surface area contributed by atoms with E-state index in [9.17, 15) is 4.79 Å². The molecule has 0 atom stereocenters. The lowest BCUT2D eigenvalue weighted by molar-refractivity contribution is 0.00578. The van der Waals surface area contributed by atoms with Gasteiger partial charge in [0, 0.05) is 32.7 Å². The van der Waals surface area contributed by atoms with Crippen molar-refractivity contribution < 1.29 is 14.1 Å². The summed E-state index contributed by atoms with van der Waals surface area (Å²) in [4.78, 5) is 17.8.